The van der Waals surface area contributed by atoms with E-state index in [1.165, 1.54) is 31.5 Å². The molecule has 0 bridgehead atoms. The van der Waals surface area contributed by atoms with Crippen molar-refractivity contribution >= 4 is 5.91 Å². The maximum absolute atomic E-state index is 12.2. The second kappa shape index (κ2) is 7.27. The number of aromatic nitrogens is 2. The predicted octanol–water partition coefficient (Wildman–Crippen LogP) is 1.78. The zero-order valence-electron chi connectivity index (χ0n) is 13.7. The van der Waals surface area contributed by atoms with Gasteiger partial charge in [0.15, 0.2) is 0 Å². The first-order valence-electron chi connectivity index (χ1n) is 8.76. The fourth-order valence-electron chi connectivity index (χ4n) is 3.68. The fraction of sp³-hybridized carbons (Fsp3) is 0.765. The number of likely N-dealkylation sites (tertiary alicyclic amines) is 2. The molecule has 5 heteroatoms. The molecule has 1 aromatic heterocycles. The summed E-state index contributed by atoms with van der Waals surface area (Å²) in [6, 6.07) is 0. The molecule has 0 N–H and O–H groups in total. The number of carbonyl (C=O) groups excluding carboxylic acids is 1. The van der Waals surface area contributed by atoms with E-state index in [0.29, 0.717) is 12.5 Å². The van der Waals surface area contributed by atoms with Crippen molar-refractivity contribution in [1.29, 1.82) is 0 Å². The van der Waals surface area contributed by atoms with E-state index >= 15 is 0 Å². The molecule has 0 radical (unpaired) electrons. The molecule has 0 unspecified atom stereocenters. The Hall–Kier alpha value is -1.36. The first kappa shape index (κ1) is 15.5. The highest BCUT2D eigenvalue weighted by Gasteiger charge is 2.24. The van der Waals surface area contributed by atoms with Gasteiger partial charge < -0.3 is 9.47 Å². The Labute approximate surface area is 133 Å². The van der Waals surface area contributed by atoms with Crippen LogP contribution >= 0.6 is 0 Å². The monoisotopic (exact) mass is 304 g/mol. The summed E-state index contributed by atoms with van der Waals surface area (Å²) in [7, 11) is 0. The standard InChI is InChI=1S/C17H28N4O/c1-2-16-18-7-12-21(16)13-15-5-10-19(11-6-15)14-17(22)20-8-3-4-9-20/h7,12,15H,2-6,8-11,13-14H2,1H3. The molecule has 5 nitrogen and oxygen atoms in total. The van der Waals surface area contributed by atoms with Crippen LogP contribution in [0, 0.1) is 5.92 Å². The van der Waals surface area contributed by atoms with Gasteiger partial charge in [-0.3, -0.25) is 9.69 Å². The third-order valence-corrected chi connectivity index (χ3v) is 5.10. The Morgan fingerprint density at radius 3 is 2.64 bits per heavy atom. The van der Waals surface area contributed by atoms with Crippen molar-refractivity contribution in [3.63, 3.8) is 0 Å². The number of imidazole rings is 1. The third-order valence-electron chi connectivity index (χ3n) is 5.10. The van der Waals surface area contributed by atoms with Gasteiger partial charge in [-0.15, -0.1) is 0 Å². The Balaban J connectivity index is 1.43. The quantitative estimate of drug-likeness (QED) is 0.832. The average Bonchev–Trinajstić information content (AvgIpc) is 3.20. The van der Waals surface area contributed by atoms with Crippen LogP contribution in [0.2, 0.25) is 0 Å². The maximum Gasteiger partial charge on any atom is 0.236 e. The highest BCUT2D eigenvalue weighted by atomic mass is 16.2. The van der Waals surface area contributed by atoms with E-state index in [2.05, 4.69) is 27.6 Å². The molecule has 122 valence electrons. The molecule has 2 saturated heterocycles. The smallest absolute Gasteiger partial charge is 0.236 e. The lowest BCUT2D eigenvalue weighted by atomic mass is 9.96. The van der Waals surface area contributed by atoms with Gasteiger partial charge >= 0.3 is 0 Å². The largest absolute Gasteiger partial charge is 0.342 e. The van der Waals surface area contributed by atoms with Gasteiger partial charge in [0.05, 0.1) is 6.54 Å². The maximum atomic E-state index is 12.2. The van der Waals surface area contributed by atoms with Crippen LogP contribution in [0.3, 0.4) is 0 Å². The zero-order valence-corrected chi connectivity index (χ0v) is 13.7. The highest BCUT2D eigenvalue weighted by Crippen LogP contribution is 2.20. The minimum absolute atomic E-state index is 0.332. The van der Waals surface area contributed by atoms with Crippen LogP contribution in [0.15, 0.2) is 12.4 Å². The molecular formula is C17H28N4O. The van der Waals surface area contributed by atoms with E-state index in [-0.39, 0.29) is 0 Å². The summed E-state index contributed by atoms with van der Waals surface area (Å²) in [6.07, 6.45) is 9.74. The van der Waals surface area contributed by atoms with Crippen molar-refractivity contribution in [2.45, 2.75) is 45.6 Å². The van der Waals surface area contributed by atoms with Crippen LogP contribution in [0.4, 0.5) is 0 Å². The highest BCUT2D eigenvalue weighted by molar-refractivity contribution is 5.78. The minimum atomic E-state index is 0.332. The summed E-state index contributed by atoms with van der Waals surface area (Å²) < 4.78 is 2.30. The number of amides is 1. The summed E-state index contributed by atoms with van der Waals surface area (Å²) in [5.74, 6) is 2.24. The summed E-state index contributed by atoms with van der Waals surface area (Å²) >= 11 is 0. The summed E-state index contributed by atoms with van der Waals surface area (Å²) in [4.78, 5) is 21.0. The van der Waals surface area contributed by atoms with Crippen LogP contribution in [0.5, 0.6) is 0 Å². The van der Waals surface area contributed by atoms with Crippen LogP contribution in [-0.4, -0.2) is 58.0 Å². The van der Waals surface area contributed by atoms with Crippen molar-refractivity contribution in [2.24, 2.45) is 5.92 Å². The van der Waals surface area contributed by atoms with E-state index in [0.717, 1.165) is 45.1 Å². The summed E-state index contributed by atoms with van der Waals surface area (Å²) in [6.45, 7) is 7.91. The van der Waals surface area contributed by atoms with Gasteiger partial charge in [0.1, 0.15) is 5.82 Å². The molecule has 22 heavy (non-hydrogen) atoms. The molecule has 0 spiro atoms. The second-order valence-electron chi connectivity index (χ2n) is 6.66. The number of piperidine rings is 1. The number of aryl methyl sites for hydroxylation is 1. The predicted molar refractivity (Wildman–Crippen MR) is 86.6 cm³/mol. The molecule has 2 aliphatic rings. The van der Waals surface area contributed by atoms with Crippen molar-refractivity contribution in [3.05, 3.63) is 18.2 Å². The molecule has 3 heterocycles. The lowest BCUT2D eigenvalue weighted by Gasteiger charge is -2.32. The van der Waals surface area contributed by atoms with E-state index < -0.39 is 0 Å². The Bertz CT molecular complexity index is 485. The third kappa shape index (κ3) is 3.69. The van der Waals surface area contributed by atoms with E-state index in [9.17, 15) is 4.79 Å². The Kier molecular flexibility index (Phi) is 5.13. The molecule has 0 saturated carbocycles. The second-order valence-corrected chi connectivity index (χ2v) is 6.66. The molecule has 0 aromatic carbocycles. The zero-order chi connectivity index (χ0) is 15.4. The van der Waals surface area contributed by atoms with Crippen LogP contribution in [0.25, 0.3) is 0 Å². The van der Waals surface area contributed by atoms with E-state index in [1.807, 2.05) is 11.1 Å². The van der Waals surface area contributed by atoms with E-state index in [1.54, 1.807) is 0 Å². The van der Waals surface area contributed by atoms with Gasteiger partial charge in [-0.05, 0) is 44.7 Å². The lowest BCUT2D eigenvalue weighted by Crippen LogP contribution is -2.43. The number of carbonyl (C=O) groups is 1. The molecule has 2 aliphatic heterocycles. The minimum Gasteiger partial charge on any atom is -0.342 e. The normalized spacial score (nSPS) is 20.7. The first-order chi connectivity index (χ1) is 10.8. The van der Waals surface area contributed by atoms with Crippen LogP contribution < -0.4 is 0 Å². The number of rotatable bonds is 5. The van der Waals surface area contributed by atoms with Crippen LogP contribution in [0.1, 0.15) is 38.4 Å². The fourth-order valence-corrected chi connectivity index (χ4v) is 3.68. The van der Waals surface area contributed by atoms with E-state index in [4.69, 9.17) is 0 Å². The lowest BCUT2D eigenvalue weighted by molar-refractivity contribution is -0.131. The van der Waals surface area contributed by atoms with Crippen molar-refractivity contribution < 1.29 is 4.79 Å². The number of nitrogens with zero attached hydrogens (tertiary/aromatic N) is 4. The van der Waals surface area contributed by atoms with Gasteiger partial charge in [0.25, 0.3) is 0 Å². The van der Waals surface area contributed by atoms with Crippen LogP contribution in [-0.2, 0) is 17.8 Å². The van der Waals surface area contributed by atoms with Gasteiger partial charge in [-0.1, -0.05) is 6.92 Å². The Morgan fingerprint density at radius 1 is 1.23 bits per heavy atom. The van der Waals surface area contributed by atoms with Gasteiger partial charge in [0.2, 0.25) is 5.91 Å². The van der Waals surface area contributed by atoms with Gasteiger partial charge in [-0.25, -0.2) is 4.98 Å². The molecule has 1 amide bonds. The van der Waals surface area contributed by atoms with Gasteiger partial charge in [0, 0.05) is 38.4 Å². The molecule has 0 aliphatic carbocycles. The Morgan fingerprint density at radius 2 is 1.95 bits per heavy atom. The number of hydrogen-bond donors (Lipinski definition) is 0. The summed E-state index contributed by atoms with van der Waals surface area (Å²) in [5, 5.41) is 0. The van der Waals surface area contributed by atoms with Gasteiger partial charge in [-0.2, -0.15) is 0 Å². The average molecular weight is 304 g/mol. The topological polar surface area (TPSA) is 41.4 Å². The molecular weight excluding hydrogens is 276 g/mol. The molecule has 0 atom stereocenters. The molecule has 2 fully saturated rings. The molecule has 1 aromatic rings. The first-order valence-corrected chi connectivity index (χ1v) is 8.76. The number of hydrogen-bond acceptors (Lipinski definition) is 3. The van der Waals surface area contributed by atoms with Crippen molar-refractivity contribution in [1.82, 2.24) is 19.4 Å². The molecule has 3 rings (SSSR count). The SMILES string of the molecule is CCc1nccn1CC1CCN(CC(=O)N2CCCC2)CC1. The van der Waals surface area contributed by atoms with Crippen molar-refractivity contribution in [3.8, 4) is 0 Å². The van der Waals surface area contributed by atoms with Crippen molar-refractivity contribution in [2.75, 3.05) is 32.7 Å². The summed E-state index contributed by atoms with van der Waals surface area (Å²) in [5.41, 5.74) is 0.